The number of benzene rings is 1. The van der Waals surface area contributed by atoms with Gasteiger partial charge in [0.1, 0.15) is 5.82 Å². The minimum atomic E-state index is -3.28. The second-order valence-corrected chi connectivity index (χ2v) is 8.66. The first-order valence-corrected chi connectivity index (χ1v) is 11.2. The van der Waals surface area contributed by atoms with E-state index in [1.165, 1.54) is 40.1 Å². The van der Waals surface area contributed by atoms with Crippen LogP contribution in [0.3, 0.4) is 0 Å². The maximum atomic E-state index is 13.8. The second kappa shape index (κ2) is 10.9. The molecule has 0 bridgehead atoms. The Morgan fingerprint density at radius 1 is 1.12 bits per heavy atom. The average Bonchev–Trinajstić information content (AvgIpc) is 2.81. The van der Waals surface area contributed by atoms with Crippen molar-refractivity contribution in [2.24, 2.45) is 0 Å². The van der Waals surface area contributed by atoms with Crippen LogP contribution in [0.2, 0.25) is 0 Å². The van der Waals surface area contributed by atoms with Gasteiger partial charge >= 0.3 is 18.4 Å². The molecular weight excluding hydrogens is 463 g/mol. The van der Waals surface area contributed by atoms with Gasteiger partial charge in [0.05, 0.1) is 17.8 Å². The summed E-state index contributed by atoms with van der Waals surface area (Å²) in [6.07, 6.45) is -2.13. The summed E-state index contributed by atoms with van der Waals surface area (Å²) >= 11 is 0. The zero-order chi connectivity index (χ0) is 24.0. The van der Waals surface area contributed by atoms with Gasteiger partial charge in [0.25, 0.3) is 5.91 Å². The summed E-state index contributed by atoms with van der Waals surface area (Å²) < 4.78 is 49.8. The Morgan fingerprint density at radius 2 is 1.85 bits per heavy atom. The van der Waals surface area contributed by atoms with Gasteiger partial charge in [-0.15, -0.1) is 0 Å². The number of amides is 4. The largest absolute Gasteiger partial charge is 0.324 e. The molecule has 3 rings (SSSR count). The lowest BCUT2D eigenvalue weighted by molar-refractivity contribution is -0.132. The van der Waals surface area contributed by atoms with E-state index in [9.17, 15) is 31.8 Å². The van der Waals surface area contributed by atoms with E-state index in [-0.39, 0.29) is 12.1 Å². The Morgan fingerprint density at radius 3 is 2.45 bits per heavy atom. The Kier molecular flexibility index (Phi) is 7.98. The molecule has 1 saturated heterocycles. The van der Waals surface area contributed by atoms with Crippen LogP contribution in [0.5, 0.6) is 0 Å². The summed E-state index contributed by atoms with van der Waals surface area (Å²) in [4.78, 5) is 42.9. The molecule has 1 aliphatic rings. The molecule has 1 aromatic heterocycles. The molecule has 0 unspecified atom stereocenters. The summed E-state index contributed by atoms with van der Waals surface area (Å²) in [5.41, 5.74) is 4.06. The third kappa shape index (κ3) is 6.51. The number of anilines is 1. The highest BCUT2D eigenvalue weighted by atomic mass is 32.2. The zero-order valence-corrected chi connectivity index (χ0v) is 18.0. The van der Waals surface area contributed by atoms with Gasteiger partial charge in [-0.1, -0.05) is 6.07 Å². The van der Waals surface area contributed by atoms with Gasteiger partial charge in [0, 0.05) is 47.3 Å². The molecule has 176 valence electrons. The summed E-state index contributed by atoms with van der Waals surface area (Å²) in [5.74, 6) is -2.34. The van der Waals surface area contributed by atoms with Crippen LogP contribution in [0.1, 0.15) is 16.1 Å². The number of rotatable bonds is 5. The van der Waals surface area contributed by atoms with Crippen LogP contribution in [0.4, 0.5) is 23.7 Å². The van der Waals surface area contributed by atoms with Gasteiger partial charge in [-0.2, -0.15) is 8.78 Å². The Balaban J connectivity index is 1.74. The predicted octanol–water partition coefficient (Wildman–Crippen LogP) is 1.44. The van der Waals surface area contributed by atoms with Crippen molar-refractivity contribution >= 4 is 34.3 Å². The standard InChI is InChI=1S/C20H20F3N5O4S/c21-14-2-1-3-16(10-14)28(20(31)27-6-8-33(32)9-7-27)12-15-5-4-13(11-24-15)18(29)25-26-19(30)17(22)23/h1-5,10-11,17H,6-9,12H2,(H,25,29)(H,26,30). The summed E-state index contributed by atoms with van der Waals surface area (Å²) in [6, 6.07) is 7.85. The molecule has 0 atom stereocenters. The van der Waals surface area contributed by atoms with Gasteiger partial charge in [0.15, 0.2) is 0 Å². The van der Waals surface area contributed by atoms with Crippen LogP contribution in [-0.4, -0.2) is 63.0 Å². The second-order valence-electron chi connectivity index (χ2n) is 6.97. The molecule has 2 N–H and O–H groups in total. The van der Waals surface area contributed by atoms with Crippen molar-refractivity contribution in [3.63, 3.8) is 0 Å². The molecular formula is C20H20F3N5O4S. The highest BCUT2D eigenvalue weighted by Crippen LogP contribution is 2.21. The minimum absolute atomic E-state index is 0.0181. The third-order valence-corrected chi connectivity index (χ3v) is 5.98. The molecule has 1 aliphatic heterocycles. The molecule has 9 nitrogen and oxygen atoms in total. The first-order valence-electron chi connectivity index (χ1n) is 9.75. The fraction of sp³-hybridized carbons (Fsp3) is 0.300. The summed E-state index contributed by atoms with van der Waals surface area (Å²) in [5, 5.41) is 0. The fourth-order valence-electron chi connectivity index (χ4n) is 2.97. The van der Waals surface area contributed by atoms with Gasteiger partial charge < -0.3 is 4.90 Å². The number of pyridine rings is 1. The van der Waals surface area contributed by atoms with E-state index in [2.05, 4.69) is 4.98 Å². The number of aromatic nitrogens is 1. The van der Waals surface area contributed by atoms with Crippen LogP contribution in [0.25, 0.3) is 0 Å². The van der Waals surface area contributed by atoms with Crippen molar-refractivity contribution in [1.29, 1.82) is 0 Å². The topological polar surface area (TPSA) is 112 Å². The van der Waals surface area contributed by atoms with Crippen molar-refractivity contribution in [2.75, 3.05) is 29.5 Å². The molecule has 1 fully saturated rings. The van der Waals surface area contributed by atoms with E-state index in [0.29, 0.717) is 36.0 Å². The molecule has 0 saturated carbocycles. The number of carbonyl (C=O) groups is 3. The number of halogens is 3. The lowest BCUT2D eigenvalue weighted by Crippen LogP contribution is -2.48. The Bertz CT molecular complexity index is 1040. The molecule has 4 amide bonds. The van der Waals surface area contributed by atoms with Gasteiger partial charge in [-0.3, -0.25) is 34.5 Å². The van der Waals surface area contributed by atoms with Crippen molar-refractivity contribution in [2.45, 2.75) is 13.0 Å². The zero-order valence-electron chi connectivity index (χ0n) is 17.2. The number of alkyl halides is 2. The quantitative estimate of drug-likeness (QED) is 0.626. The van der Waals surface area contributed by atoms with Gasteiger partial charge in [0.2, 0.25) is 0 Å². The normalized spacial score (nSPS) is 14.1. The van der Waals surface area contributed by atoms with Crippen LogP contribution < -0.4 is 15.8 Å². The Hall–Kier alpha value is -3.48. The molecule has 0 aliphatic carbocycles. The number of carbonyl (C=O) groups excluding carboxylic acids is 3. The maximum absolute atomic E-state index is 13.8. The predicted molar refractivity (Wildman–Crippen MR) is 113 cm³/mol. The van der Waals surface area contributed by atoms with E-state index < -0.39 is 40.9 Å². The lowest BCUT2D eigenvalue weighted by Gasteiger charge is -2.32. The first kappa shape index (κ1) is 24.2. The van der Waals surface area contributed by atoms with Crippen molar-refractivity contribution in [1.82, 2.24) is 20.7 Å². The van der Waals surface area contributed by atoms with E-state index in [4.69, 9.17) is 0 Å². The van der Waals surface area contributed by atoms with Crippen LogP contribution in [0.15, 0.2) is 42.6 Å². The summed E-state index contributed by atoms with van der Waals surface area (Å²) in [7, 11) is -0.982. The third-order valence-electron chi connectivity index (χ3n) is 4.70. The van der Waals surface area contributed by atoms with Crippen molar-refractivity contribution in [3.05, 3.63) is 59.7 Å². The fourth-order valence-corrected chi connectivity index (χ4v) is 4.02. The van der Waals surface area contributed by atoms with E-state index in [0.717, 1.165) is 6.20 Å². The molecule has 0 radical (unpaired) electrons. The van der Waals surface area contributed by atoms with Crippen LogP contribution >= 0.6 is 0 Å². The highest BCUT2D eigenvalue weighted by Gasteiger charge is 2.26. The molecule has 13 heteroatoms. The number of urea groups is 1. The number of hydrazine groups is 1. The molecule has 33 heavy (non-hydrogen) atoms. The van der Waals surface area contributed by atoms with E-state index in [1.807, 2.05) is 5.43 Å². The SMILES string of the molecule is O=C(NNC(=O)C(F)F)c1ccc(CN(C(=O)N2CCS(=O)CC2)c2cccc(F)c2)nc1. The lowest BCUT2D eigenvalue weighted by atomic mass is 10.2. The number of nitrogens with one attached hydrogen (secondary N) is 2. The van der Waals surface area contributed by atoms with Crippen molar-refractivity contribution in [3.8, 4) is 0 Å². The van der Waals surface area contributed by atoms with E-state index in [1.54, 1.807) is 11.5 Å². The summed E-state index contributed by atoms with van der Waals surface area (Å²) in [6.45, 7) is 0.550. The Labute approximate surface area is 189 Å². The number of nitrogens with zero attached hydrogens (tertiary/aromatic N) is 3. The average molecular weight is 483 g/mol. The smallest absolute Gasteiger partial charge is 0.323 e. The number of hydrogen-bond donors (Lipinski definition) is 2. The van der Waals surface area contributed by atoms with Gasteiger partial charge in [-0.05, 0) is 30.3 Å². The minimum Gasteiger partial charge on any atom is -0.323 e. The molecule has 2 aromatic rings. The molecule has 0 spiro atoms. The molecule has 2 heterocycles. The highest BCUT2D eigenvalue weighted by molar-refractivity contribution is 7.85. The number of hydrogen-bond acceptors (Lipinski definition) is 5. The van der Waals surface area contributed by atoms with Crippen molar-refractivity contribution < 1.29 is 31.8 Å². The van der Waals surface area contributed by atoms with Crippen LogP contribution in [0, 0.1) is 5.82 Å². The first-order chi connectivity index (χ1) is 15.7. The van der Waals surface area contributed by atoms with Crippen LogP contribution in [-0.2, 0) is 22.1 Å². The molecule has 1 aromatic carbocycles. The van der Waals surface area contributed by atoms with Gasteiger partial charge in [-0.25, -0.2) is 9.18 Å². The monoisotopic (exact) mass is 483 g/mol. The maximum Gasteiger partial charge on any atom is 0.324 e. The van der Waals surface area contributed by atoms with E-state index >= 15 is 0 Å².